The summed E-state index contributed by atoms with van der Waals surface area (Å²) in [5.41, 5.74) is 4.40. The van der Waals surface area contributed by atoms with Crippen molar-refractivity contribution in [3.8, 4) is 5.75 Å². The number of anilines is 1. The van der Waals surface area contributed by atoms with E-state index in [9.17, 15) is 9.59 Å². The number of ether oxygens (including phenoxy) is 1. The average molecular weight is 616 g/mol. The zero-order valence-corrected chi connectivity index (χ0v) is 26.1. The first-order valence-corrected chi connectivity index (χ1v) is 16.1. The van der Waals surface area contributed by atoms with Crippen molar-refractivity contribution >= 4 is 29.1 Å². The largest absolute Gasteiger partial charge is 0.487 e. The molecule has 0 aliphatic carbocycles. The fourth-order valence-corrected chi connectivity index (χ4v) is 6.78. The lowest BCUT2D eigenvalue weighted by atomic mass is 10.0. The number of hydrogen-bond acceptors (Lipinski definition) is 6. The van der Waals surface area contributed by atoms with Gasteiger partial charge in [-0.05, 0) is 67.4 Å². The number of benzene rings is 3. The molecule has 1 unspecified atom stereocenters. The minimum atomic E-state index is -0.661. The Bertz CT molecular complexity index is 1440. The summed E-state index contributed by atoms with van der Waals surface area (Å²) in [6, 6.07) is 23.2. The van der Waals surface area contributed by atoms with E-state index in [0.717, 1.165) is 55.0 Å². The van der Waals surface area contributed by atoms with Crippen LogP contribution in [0, 0.1) is 0 Å². The van der Waals surface area contributed by atoms with Crippen LogP contribution in [0.5, 0.6) is 5.75 Å². The quantitative estimate of drug-likeness (QED) is 0.371. The highest BCUT2D eigenvalue weighted by Gasteiger charge is 2.31. The van der Waals surface area contributed by atoms with Crippen molar-refractivity contribution in [2.75, 3.05) is 51.2 Å². The van der Waals surface area contributed by atoms with Gasteiger partial charge in [-0.2, -0.15) is 0 Å². The molecule has 9 heteroatoms. The van der Waals surface area contributed by atoms with E-state index >= 15 is 0 Å². The second kappa shape index (κ2) is 14.0. The normalized spacial score (nSPS) is 21.0. The van der Waals surface area contributed by atoms with E-state index in [1.807, 2.05) is 53.4 Å². The summed E-state index contributed by atoms with van der Waals surface area (Å²) in [4.78, 5) is 33.8. The fraction of sp³-hybridized carbons (Fsp3) is 0.429. The van der Waals surface area contributed by atoms with E-state index in [-0.39, 0.29) is 30.4 Å². The van der Waals surface area contributed by atoms with Gasteiger partial charge in [0.25, 0.3) is 0 Å². The van der Waals surface area contributed by atoms with Gasteiger partial charge in [0.2, 0.25) is 11.8 Å². The van der Waals surface area contributed by atoms with Gasteiger partial charge in [-0.1, -0.05) is 60.1 Å². The van der Waals surface area contributed by atoms with Crippen molar-refractivity contribution in [3.05, 3.63) is 94.5 Å². The van der Waals surface area contributed by atoms with Gasteiger partial charge in [0.05, 0.1) is 5.69 Å². The van der Waals surface area contributed by atoms with Crippen LogP contribution in [-0.2, 0) is 22.6 Å². The number of para-hydroxylation sites is 2. The van der Waals surface area contributed by atoms with Crippen LogP contribution in [0.4, 0.5) is 5.69 Å². The predicted octanol–water partition coefficient (Wildman–Crippen LogP) is 4.42. The number of likely N-dealkylation sites (N-methyl/N-ethyl adjacent to an activating group) is 1. The van der Waals surface area contributed by atoms with Crippen LogP contribution in [0.1, 0.15) is 42.0 Å². The Labute approximate surface area is 265 Å². The van der Waals surface area contributed by atoms with Gasteiger partial charge in [-0.3, -0.25) is 9.59 Å². The number of hydrogen-bond donors (Lipinski definition) is 2. The predicted molar refractivity (Wildman–Crippen MR) is 174 cm³/mol. The molecule has 44 heavy (non-hydrogen) atoms. The average Bonchev–Trinajstić information content (AvgIpc) is 3.44. The molecule has 0 bridgehead atoms. The van der Waals surface area contributed by atoms with Crippen molar-refractivity contribution < 1.29 is 14.3 Å². The van der Waals surface area contributed by atoms with E-state index in [4.69, 9.17) is 16.3 Å². The summed E-state index contributed by atoms with van der Waals surface area (Å²) in [5.74, 6) is 0.717. The summed E-state index contributed by atoms with van der Waals surface area (Å²) < 4.78 is 6.49. The maximum atomic E-state index is 14.0. The summed E-state index contributed by atoms with van der Waals surface area (Å²) in [6.45, 7) is 5.33. The molecule has 0 radical (unpaired) electrons. The topological polar surface area (TPSA) is 77.2 Å². The molecule has 232 valence electrons. The van der Waals surface area contributed by atoms with Gasteiger partial charge < -0.3 is 30.1 Å². The molecule has 3 aromatic rings. The van der Waals surface area contributed by atoms with E-state index in [2.05, 4.69) is 51.7 Å². The number of piperazine rings is 1. The maximum absolute atomic E-state index is 14.0. The van der Waals surface area contributed by atoms with Crippen LogP contribution in [0.2, 0.25) is 5.02 Å². The molecule has 2 N–H and O–H groups in total. The monoisotopic (exact) mass is 615 g/mol. The highest BCUT2D eigenvalue weighted by atomic mass is 35.5. The Balaban J connectivity index is 1.11. The first-order chi connectivity index (χ1) is 21.4. The van der Waals surface area contributed by atoms with Crippen LogP contribution in [0.3, 0.4) is 0 Å². The zero-order chi connectivity index (χ0) is 30.5. The van der Waals surface area contributed by atoms with Crippen LogP contribution in [0.25, 0.3) is 0 Å². The Morgan fingerprint density at radius 2 is 1.73 bits per heavy atom. The molecule has 2 amide bonds. The number of fused-ring (bicyclic) bond motifs is 1. The van der Waals surface area contributed by atoms with Crippen molar-refractivity contribution in [1.82, 2.24) is 20.4 Å². The van der Waals surface area contributed by atoms with Crippen molar-refractivity contribution in [1.29, 1.82) is 0 Å². The third-order valence-electron chi connectivity index (χ3n) is 9.02. The number of rotatable bonds is 9. The molecule has 0 aromatic heterocycles. The third kappa shape index (κ3) is 7.37. The van der Waals surface area contributed by atoms with Gasteiger partial charge in [0, 0.05) is 63.2 Å². The molecular formula is C35H42ClN5O3. The van der Waals surface area contributed by atoms with Crippen LogP contribution in [0.15, 0.2) is 72.8 Å². The van der Waals surface area contributed by atoms with Crippen molar-refractivity contribution in [3.63, 3.8) is 0 Å². The molecule has 6 rings (SSSR count). The minimum Gasteiger partial charge on any atom is -0.487 e. The van der Waals surface area contributed by atoms with Gasteiger partial charge in [-0.25, -0.2) is 0 Å². The smallest absolute Gasteiger partial charge is 0.245 e. The van der Waals surface area contributed by atoms with Crippen LogP contribution in [-0.4, -0.2) is 80.1 Å². The highest BCUT2D eigenvalue weighted by Crippen LogP contribution is 2.31. The summed E-state index contributed by atoms with van der Waals surface area (Å²) in [5, 5.41) is 7.17. The molecule has 8 nitrogen and oxygen atoms in total. The fourth-order valence-electron chi connectivity index (χ4n) is 6.66. The number of amides is 2. The molecule has 2 fully saturated rings. The standard InChI is InChI=1S/C35H42ClN5O3/c1-39-16-6-8-28(24-39)44-33-11-5-4-10-32(33)40-17-19-41(20-18-40)35(43)31(21-25-12-14-27(36)15-13-25)38-34(42)22-30-29-9-3-2-7-26(29)23-37-30/h2-5,7,9-15,28,30-31,37H,6,8,16-24H2,1H3,(H,38,42)/t28-,30?,31+/m0/s1. The number of carbonyl (C=O) groups is 2. The number of likely N-dealkylation sites (tertiary alicyclic amines) is 1. The number of piperidine rings is 1. The lowest BCUT2D eigenvalue weighted by molar-refractivity contribution is -0.136. The van der Waals surface area contributed by atoms with Crippen LogP contribution >= 0.6 is 11.6 Å². The highest BCUT2D eigenvalue weighted by molar-refractivity contribution is 6.30. The molecule has 3 atom stereocenters. The van der Waals surface area contributed by atoms with E-state index in [1.165, 1.54) is 5.56 Å². The number of halogens is 1. The van der Waals surface area contributed by atoms with E-state index in [1.54, 1.807) is 0 Å². The molecule has 3 aliphatic rings. The van der Waals surface area contributed by atoms with Gasteiger partial charge in [0.15, 0.2) is 0 Å². The van der Waals surface area contributed by atoms with Crippen LogP contribution < -0.4 is 20.3 Å². The molecule has 0 spiro atoms. The Kier molecular flexibility index (Phi) is 9.69. The number of nitrogens with zero attached hydrogens (tertiary/aromatic N) is 3. The first kappa shape index (κ1) is 30.4. The second-order valence-corrected chi connectivity index (χ2v) is 12.6. The number of nitrogens with one attached hydrogen (secondary N) is 2. The molecule has 3 aromatic carbocycles. The molecule has 0 saturated carbocycles. The molecular weight excluding hydrogens is 574 g/mol. The van der Waals surface area contributed by atoms with Gasteiger partial charge >= 0.3 is 0 Å². The molecule has 2 saturated heterocycles. The van der Waals surface area contributed by atoms with Crippen molar-refractivity contribution in [2.45, 2.75) is 50.4 Å². The van der Waals surface area contributed by atoms with Crippen molar-refractivity contribution in [2.24, 2.45) is 0 Å². The zero-order valence-electron chi connectivity index (χ0n) is 25.4. The summed E-state index contributed by atoms with van der Waals surface area (Å²) >= 11 is 6.12. The summed E-state index contributed by atoms with van der Waals surface area (Å²) in [7, 11) is 2.14. The minimum absolute atomic E-state index is 0.0532. The Morgan fingerprint density at radius 3 is 2.52 bits per heavy atom. The second-order valence-electron chi connectivity index (χ2n) is 12.2. The summed E-state index contributed by atoms with van der Waals surface area (Å²) in [6.07, 6.45) is 3.07. The maximum Gasteiger partial charge on any atom is 0.245 e. The Hall–Kier alpha value is -3.59. The van der Waals surface area contributed by atoms with E-state index in [0.29, 0.717) is 37.6 Å². The van der Waals surface area contributed by atoms with E-state index < -0.39 is 6.04 Å². The molecule has 3 aliphatic heterocycles. The van der Waals surface area contributed by atoms with Gasteiger partial charge in [0.1, 0.15) is 17.9 Å². The lowest BCUT2D eigenvalue weighted by Crippen LogP contribution is -2.55. The number of carbonyl (C=O) groups excluding carboxylic acids is 2. The SMILES string of the molecule is CN1CCC[C@H](Oc2ccccc2N2CCN(C(=O)[C@@H](Cc3ccc(Cl)cc3)NC(=O)CC3NCc4ccccc43)CC2)C1. The van der Waals surface area contributed by atoms with Gasteiger partial charge in [-0.15, -0.1) is 0 Å². The Morgan fingerprint density at radius 1 is 0.977 bits per heavy atom. The third-order valence-corrected chi connectivity index (χ3v) is 9.27. The lowest BCUT2D eigenvalue weighted by Gasteiger charge is -2.39. The first-order valence-electron chi connectivity index (χ1n) is 15.8. The molecule has 3 heterocycles.